The molecule has 0 bridgehead atoms. The van der Waals surface area contributed by atoms with Crippen LogP contribution in [0.15, 0.2) is 67.0 Å². The fraction of sp³-hybridized carbons (Fsp3) is 0.190. The van der Waals surface area contributed by atoms with E-state index in [1.54, 1.807) is 41.1 Å². The van der Waals surface area contributed by atoms with E-state index in [9.17, 15) is 9.59 Å². The van der Waals surface area contributed by atoms with Crippen LogP contribution < -0.4 is 16.0 Å². The molecule has 0 unspecified atom stereocenters. The maximum Gasteiger partial charge on any atom is 0.323 e. The number of hydrogen-bond donors (Lipinski definition) is 3. The molecule has 3 N–H and O–H groups in total. The second-order valence-corrected chi connectivity index (χ2v) is 6.40. The molecule has 7 heteroatoms. The number of urea groups is 1. The summed E-state index contributed by atoms with van der Waals surface area (Å²) in [6.07, 6.45) is 5.52. The summed E-state index contributed by atoms with van der Waals surface area (Å²) in [6.45, 7) is 0.590. The van der Waals surface area contributed by atoms with Gasteiger partial charge in [0.1, 0.15) is 0 Å². The smallest absolute Gasteiger partial charge is 0.323 e. The van der Waals surface area contributed by atoms with Crippen molar-refractivity contribution < 1.29 is 9.59 Å². The minimum absolute atomic E-state index is 0.133. The Kier molecular flexibility index (Phi) is 6.41. The van der Waals surface area contributed by atoms with Crippen molar-refractivity contribution in [1.82, 2.24) is 15.1 Å². The molecule has 0 spiro atoms. The molecule has 1 heterocycles. The Bertz CT molecular complexity index is 919. The van der Waals surface area contributed by atoms with Crippen LogP contribution in [0.2, 0.25) is 0 Å². The predicted molar refractivity (Wildman–Crippen MR) is 109 cm³/mol. The number of nitrogens with zero attached hydrogens (tertiary/aromatic N) is 2. The molecule has 0 radical (unpaired) electrons. The van der Waals surface area contributed by atoms with Gasteiger partial charge < -0.3 is 16.0 Å². The van der Waals surface area contributed by atoms with Crippen LogP contribution in [0.4, 0.5) is 16.2 Å². The van der Waals surface area contributed by atoms with Crippen molar-refractivity contribution in [1.29, 1.82) is 0 Å². The van der Waals surface area contributed by atoms with Crippen LogP contribution in [0, 0.1) is 0 Å². The molecule has 3 aromatic rings. The molecule has 0 atom stereocenters. The highest BCUT2D eigenvalue weighted by Crippen LogP contribution is 2.11. The number of aromatic nitrogens is 2. The average molecular weight is 377 g/mol. The van der Waals surface area contributed by atoms with Gasteiger partial charge in [0.05, 0.1) is 6.20 Å². The highest BCUT2D eigenvalue weighted by Gasteiger charge is 2.07. The molecule has 3 rings (SSSR count). The van der Waals surface area contributed by atoms with Crippen molar-refractivity contribution in [3.05, 3.63) is 78.1 Å². The van der Waals surface area contributed by atoms with Gasteiger partial charge in [0.25, 0.3) is 5.91 Å². The third-order valence-electron chi connectivity index (χ3n) is 4.12. The number of aryl methyl sites for hydroxylation is 2. The summed E-state index contributed by atoms with van der Waals surface area (Å²) in [5, 5.41) is 12.5. The van der Waals surface area contributed by atoms with E-state index in [0.717, 1.165) is 18.4 Å². The molecule has 3 amide bonds. The SMILES string of the molecule is Cn1cc(CCCNC(=O)c2ccc(NC(=O)Nc3ccccc3)cc2)cn1. The Balaban J connectivity index is 1.42. The van der Waals surface area contributed by atoms with Gasteiger partial charge in [-0.2, -0.15) is 5.10 Å². The van der Waals surface area contributed by atoms with E-state index >= 15 is 0 Å². The fourth-order valence-electron chi connectivity index (χ4n) is 2.72. The van der Waals surface area contributed by atoms with Crippen LogP contribution in [0.5, 0.6) is 0 Å². The fourth-order valence-corrected chi connectivity index (χ4v) is 2.72. The third kappa shape index (κ3) is 5.70. The van der Waals surface area contributed by atoms with E-state index in [2.05, 4.69) is 21.0 Å². The van der Waals surface area contributed by atoms with Gasteiger partial charge in [0.2, 0.25) is 0 Å². The summed E-state index contributed by atoms with van der Waals surface area (Å²) in [7, 11) is 1.88. The predicted octanol–water partition coefficient (Wildman–Crippen LogP) is 3.43. The first-order valence-corrected chi connectivity index (χ1v) is 9.09. The number of carbonyl (C=O) groups is 2. The molecule has 0 fully saturated rings. The average Bonchev–Trinajstić information content (AvgIpc) is 3.11. The summed E-state index contributed by atoms with van der Waals surface area (Å²) in [6, 6.07) is 15.6. The van der Waals surface area contributed by atoms with Gasteiger partial charge >= 0.3 is 6.03 Å². The Labute approximate surface area is 163 Å². The van der Waals surface area contributed by atoms with Crippen LogP contribution in [0.3, 0.4) is 0 Å². The van der Waals surface area contributed by atoms with Gasteiger partial charge in [0.15, 0.2) is 0 Å². The number of benzene rings is 2. The minimum Gasteiger partial charge on any atom is -0.352 e. The number of anilines is 2. The van der Waals surface area contributed by atoms with Gasteiger partial charge in [-0.3, -0.25) is 9.48 Å². The Morgan fingerprint density at radius 3 is 2.29 bits per heavy atom. The first-order valence-electron chi connectivity index (χ1n) is 9.09. The molecule has 0 aliphatic heterocycles. The number of amides is 3. The maximum atomic E-state index is 12.2. The molecule has 7 nitrogen and oxygen atoms in total. The zero-order valence-corrected chi connectivity index (χ0v) is 15.7. The van der Waals surface area contributed by atoms with Crippen LogP contribution in [-0.4, -0.2) is 28.3 Å². The maximum absolute atomic E-state index is 12.2. The van der Waals surface area contributed by atoms with Gasteiger partial charge in [0, 0.05) is 36.7 Å². The Morgan fingerprint density at radius 2 is 1.64 bits per heavy atom. The first-order chi connectivity index (χ1) is 13.6. The second kappa shape index (κ2) is 9.36. The summed E-state index contributed by atoms with van der Waals surface area (Å²) in [4.78, 5) is 24.2. The zero-order chi connectivity index (χ0) is 19.8. The van der Waals surface area contributed by atoms with Crippen molar-refractivity contribution in [3.63, 3.8) is 0 Å². The van der Waals surface area contributed by atoms with Crippen molar-refractivity contribution in [2.75, 3.05) is 17.2 Å². The molecule has 0 saturated heterocycles. The molecule has 28 heavy (non-hydrogen) atoms. The largest absolute Gasteiger partial charge is 0.352 e. The summed E-state index contributed by atoms with van der Waals surface area (Å²) >= 11 is 0. The topological polar surface area (TPSA) is 88.0 Å². The molecule has 144 valence electrons. The normalized spacial score (nSPS) is 10.3. The molecule has 0 saturated carbocycles. The summed E-state index contributed by atoms with van der Waals surface area (Å²) in [5.41, 5.74) is 3.03. The zero-order valence-electron chi connectivity index (χ0n) is 15.7. The van der Waals surface area contributed by atoms with Crippen LogP contribution in [0.25, 0.3) is 0 Å². The lowest BCUT2D eigenvalue weighted by Gasteiger charge is -2.09. The number of hydrogen-bond acceptors (Lipinski definition) is 3. The van der Waals surface area contributed by atoms with Crippen molar-refractivity contribution in [2.24, 2.45) is 7.05 Å². The van der Waals surface area contributed by atoms with E-state index < -0.39 is 0 Å². The van der Waals surface area contributed by atoms with Crippen molar-refractivity contribution in [2.45, 2.75) is 12.8 Å². The second-order valence-electron chi connectivity index (χ2n) is 6.40. The van der Waals surface area contributed by atoms with Gasteiger partial charge in [-0.05, 0) is 54.8 Å². The monoisotopic (exact) mass is 377 g/mol. The van der Waals surface area contributed by atoms with Crippen molar-refractivity contribution >= 4 is 23.3 Å². The molecular weight excluding hydrogens is 354 g/mol. The Morgan fingerprint density at radius 1 is 0.964 bits per heavy atom. The molecule has 2 aromatic carbocycles. The lowest BCUT2D eigenvalue weighted by molar-refractivity contribution is 0.0953. The van der Waals surface area contributed by atoms with E-state index in [4.69, 9.17) is 0 Å². The lowest BCUT2D eigenvalue weighted by Crippen LogP contribution is -2.24. The molecule has 1 aromatic heterocycles. The minimum atomic E-state index is -0.334. The number of para-hydroxylation sites is 1. The standard InChI is InChI=1S/C21H23N5O2/c1-26-15-16(14-23-26)6-5-13-22-20(27)17-9-11-19(12-10-17)25-21(28)24-18-7-3-2-4-8-18/h2-4,7-12,14-15H,5-6,13H2,1H3,(H,22,27)(H2,24,25,28). The number of carbonyl (C=O) groups excluding carboxylic acids is 2. The van der Waals surface area contributed by atoms with Crippen molar-refractivity contribution in [3.8, 4) is 0 Å². The quantitative estimate of drug-likeness (QED) is 0.551. The van der Waals surface area contributed by atoms with Gasteiger partial charge in [-0.25, -0.2) is 4.79 Å². The molecule has 0 aliphatic rings. The van der Waals surface area contributed by atoms with Crippen LogP contribution >= 0.6 is 0 Å². The van der Waals surface area contributed by atoms with E-state index in [1.807, 2.05) is 37.6 Å². The Hall–Kier alpha value is -3.61. The lowest BCUT2D eigenvalue weighted by atomic mass is 10.1. The highest BCUT2D eigenvalue weighted by atomic mass is 16.2. The van der Waals surface area contributed by atoms with E-state index in [-0.39, 0.29) is 11.9 Å². The molecular formula is C21H23N5O2. The van der Waals surface area contributed by atoms with Gasteiger partial charge in [-0.1, -0.05) is 18.2 Å². The molecule has 0 aliphatic carbocycles. The van der Waals surface area contributed by atoms with Crippen LogP contribution in [0.1, 0.15) is 22.3 Å². The third-order valence-corrected chi connectivity index (χ3v) is 4.12. The summed E-state index contributed by atoms with van der Waals surface area (Å²) < 4.78 is 1.77. The van der Waals surface area contributed by atoms with Crippen LogP contribution in [-0.2, 0) is 13.5 Å². The van der Waals surface area contributed by atoms with E-state index in [0.29, 0.717) is 23.5 Å². The highest BCUT2D eigenvalue weighted by molar-refractivity contribution is 6.00. The number of rotatable bonds is 7. The summed E-state index contributed by atoms with van der Waals surface area (Å²) in [5.74, 6) is -0.133. The number of nitrogens with one attached hydrogen (secondary N) is 3. The first kappa shape index (κ1) is 19.2. The van der Waals surface area contributed by atoms with E-state index in [1.165, 1.54) is 0 Å². The van der Waals surface area contributed by atoms with Gasteiger partial charge in [-0.15, -0.1) is 0 Å².